The van der Waals surface area contributed by atoms with Crippen LogP contribution in [0, 0.1) is 0 Å². The summed E-state index contributed by atoms with van der Waals surface area (Å²) in [6.07, 6.45) is 12.3. The molecule has 12 heteroatoms. The number of carbonyl (C=O) groups is 4. The molecule has 0 atom stereocenters. The first-order valence-electron chi connectivity index (χ1n) is 14.5. The fourth-order valence-electron chi connectivity index (χ4n) is 3.01. The number of ether oxygens (including phenoxy) is 8. The standard InChI is InChI=1S/C38H36O12/c1-25(2)35(39)47-19-15-43-31-13-11-29(33(23-31)45-17-21-49-37(41)27(5)6)9-10-30-12-14-32(44-16-20-48-36(40)26(3)4)24-34(30)46-18-22-50-38(42)28(7)8/h9-24H,1,3,5,7H2,2,4,6,8H3. The third-order valence-electron chi connectivity index (χ3n) is 5.53. The summed E-state index contributed by atoms with van der Waals surface area (Å²) in [5.41, 5.74) is 1.94. The van der Waals surface area contributed by atoms with Gasteiger partial charge in [0.05, 0.1) is 0 Å². The van der Waals surface area contributed by atoms with Gasteiger partial charge in [0.2, 0.25) is 0 Å². The molecule has 0 bridgehead atoms. The van der Waals surface area contributed by atoms with Crippen molar-refractivity contribution < 1.29 is 57.1 Å². The number of hydrogen-bond donors (Lipinski definition) is 0. The van der Waals surface area contributed by atoms with E-state index in [0.717, 1.165) is 50.1 Å². The van der Waals surface area contributed by atoms with E-state index >= 15 is 0 Å². The molecule has 0 heterocycles. The average molecular weight is 685 g/mol. The number of benzene rings is 2. The lowest BCUT2D eigenvalue weighted by molar-refractivity contribution is -0.134. The highest BCUT2D eigenvalue weighted by Gasteiger charge is 2.08. The Morgan fingerprint density at radius 1 is 0.440 bits per heavy atom. The van der Waals surface area contributed by atoms with E-state index in [1.807, 2.05) is 0 Å². The molecule has 0 amide bonds. The minimum atomic E-state index is -0.636. The monoisotopic (exact) mass is 684 g/mol. The van der Waals surface area contributed by atoms with Crippen LogP contribution in [-0.2, 0) is 38.1 Å². The summed E-state index contributed by atoms with van der Waals surface area (Å²) in [5, 5.41) is 0. The van der Waals surface area contributed by atoms with Crippen molar-refractivity contribution in [2.24, 2.45) is 0 Å². The van der Waals surface area contributed by atoms with Crippen LogP contribution in [0.4, 0.5) is 0 Å². The van der Waals surface area contributed by atoms with Crippen molar-refractivity contribution >= 4 is 36.0 Å². The van der Waals surface area contributed by atoms with Crippen LogP contribution in [0.25, 0.3) is 12.2 Å². The van der Waals surface area contributed by atoms with Crippen molar-refractivity contribution in [3.63, 3.8) is 0 Å². The van der Waals surface area contributed by atoms with Crippen molar-refractivity contribution in [3.05, 3.63) is 146 Å². The van der Waals surface area contributed by atoms with E-state index in [9.17, 15) is 19.2 Å². The zero-order valence-electron chi connectivity index (χ0n) is 28.0. The smallest absolute Gasteiger partial charge is 0.338 e. The Kier molecular flexibility index (Phi) is 16.1. The van der Waals surface area contributed by atoms with Gasteiger partial charge in [0.1, 0.15) is 73.1 Å². The molecule has 0 radical (unpaired) electrons. The van der Waals surface area contributed by atoms with E-state index in [0.29, 0.717) is 22.6 Å². The SMILES string of the molecule is C=C(C)C(=O)OC=COc1ccc(C=Cc2ccc(OC=COC(=O)C(=C)C)cc2OC=COC(=O)C(=C)C)c(OC=COC(=O)C(=C)C)c1. The van der Waals surface area contributed by atoms with Crippen molar-refractivity contribution in [2.75, 3.05) is 0 Å². The largest absolute Gasteiger partial charge is 0.462 e. The molecule has 12 nitrogen and oxygen atoms in total. The Labute approximate surface area is 289 Å². The van der Waals surface area contributed by atoms with Crippen molar-refractivity contribution in [1.29, 1.82) is 0 Å². The van der Waals surface area contributed by atoms with E-state index < -0.39 is 23.9 Å². The van der Waals surface area contributed by atoms with E-state index in [4.69, 9.17) is 37.9 Å². The molecule has 0 spiro atoms. The Morgan fingerprint density at radius 2 is 0.720 bits per heavy atom. The summed E-state index contributed by atoms with van der Waals surface area (Å²) in [5.74, 6) is -1.32. The predicted molar refractivity (Wildman–Crippen MR) is 185 cm³/mol. The molecular formula is C38H36O12. The van der Waals surface area contributed by atoms with Gasteiger partial charge in [-0.05, 0) is 52.0 Å². The lowest BCUT2D eigenvalue weighted by Gasteiger charge is -2.10. The summed E-state index contributed by atoms with van der Waals surface area (Å²) < 4.78 is 42.1. The molecule has 0 fully saturated rings. The summed E-state index contributed by atoms with van der Waals surface area (Å²) >= 11 is 0. The fraction of sp³-hybridized carbons (Fsp3) is 0.105. The molecule has 260 valence electrons. The van der Waals surface area contributed by atoms with E-state index in [2.05, 4.69) is 26.3 Å². The summed E-state index contributed by atoms with van der Waals surface area (Å²) in [6.45, 7) is 20.1. The Bertz CT molecular complexity index is 1660. The van der Waals surface area contributed by atoms with Crippen molar-refractivity contribution in [2.45, 2.75) is 27.7 Å². The molecule has 0 aromatic heterocycles. The van der Waals surface area contributed by atoms with Crippen LogP contribution in [0.2, 0.25) is 0 Å². The molecule has 0 N–H and O–H groups in total. The minimum absolute atomic E-state index is 0.202. The molecule has 2 rings (SSSR count). The van der Waals surface area contributed by atoms with Gasteiger partial charge in [0.15, 0.2) is 0 Å². The van der Waals surface area contributed by atoms with Gasteiger partial charge in [-0.15, -0.1) is 0 Å². The zero-order valence-corrected chi connectivity index (χ0v) is 28.0. The lowest BCUT2D eigenvalue weighted by Crippen LogP contribution is -2.00. The van der Waals surface area contributed by atoms with Crippen LogP contribution >= 0.6 is 0 Å². The summed E-state index contributed by atoms with van der Waals surface area (Å²) in [4.78, 5) is 46.6. The van der Waals surface area contributed by atoms with Gasteiger partial charge in [-0.25, -0.2) is 19.2 Å². The van der Waals surface area contributed by atoms with Crippen molar-refractivity contribution in [1.82, 2.24) is 0 Å². The summed E-state index contributed by atoms with van der Waals surface area (Å²) in [7, 11) is 0. The molecule has 0 saturated heterocycles. The Morgan fingerprint density at radius 3 is 1.00 bits per heavy atom. The first kappa shape index (κ1) is 39.4. The second-order valence-electron chi connectivity index (χ2n) is 10.0. The Hall–Kier alpha value is -6.82. The van der Waals surface area contributed by atoms with Gasteiger partial charge in [-0.1, -0.05) is 38.5 Å². The number of rotatable bonds is 18. The van der Waals surface area contributed by atoms with Gasteiger partial charge < -0.3 is 37.9 Å². The van der Waals surface area contributed by atoms with Crippen LogP contribution in [-0.4, -0.2) is 23.9 Å². The van der Waals surface area contributed by atoms with E-state index in [-0.39, 0.29) is 33.8 Å². The molecule has 0 aliphatic carbocycles. The quantitative estimate of drug-likeness (QED) is 0.0498. The zero-order chi connectivity index (χ0) is 37.1. The maximum atomic E-state index is 11.7. The van der Waals surface area contributed by atoms with Crippen LogP contribution < -0.4 is 18.9 Å². The van der Waals surface area contributed by atoms with Gasteiger partial charge in [-0.2, -0.15) is 0 Å². The van der Waals surface area contributed by atoms with Crippen LogP contribution in [0.1, 0.15) is 38.8 Å². The van der Waals surface area contributed by atoms with Crippen LogP contribution in [0.3, 0.4) is 0 Å². The minimum Gasteiger partial charge on any atom is -0.462 e. The average Bonchev–Trinajstić information content (AvgIpc) is 3.08. The maximum absolute atomic E-state index is 11.7. The normalized spacial score (nSPS) is 11.0. The number of hydrogen-bond acceptors (Lipinski definition) is 12. The highest BCUT2D eigenvalue weighted by Crippen LogP contribution is 2.31. The first-order valence-corrected chi connectivity index (χ1v) is 14.5. The number of esters is 4. The maximum Gasteiger partial charge on any atom is 0.338 e. The summed E-state index contributed by atoms with van der Waals surface area (Å²) in [6, 6.07) is 9.68. The van der Waals surface area contributed by atoms with Gasteiger partial charge >= 0.3 is 23.9 Å². The highest BCUT2D eigenvalue weighted by molar-refractivity contribution is 5.88. The predicted octanol–water partition coefficient (Wildman–Crippen LogP) is 7.73. The second kappa shape index (κ2) is 20.4. The van der Waals surface area contributed by atoms with Gasteiger partial charge in [0, 0.05) is 45.6 Å². The second-order valence-corrected chi connectivity index (χ2v) is 10.0. The molecule has 0 aliphatic rings. The van der Waals surface area contributed by atoms with E-state index in [1.54, 1.807) is 36.4 Å². The molecule has 0 aliphatic heterocycles. The third kappa shape index (κ3) is 14.3. The van der Waals surface area contributed by atoms with E-state index in [1.165, 1.54) is 39.8 Å². The molecule has 2 aromatic carbocycles. The molecule has 0 unspecified atom stereocenters. The van der Waals surface area contributed by atoms with Gasteiger partial charge in [-0.3, -0.25) is 0 Å². The highest BCUT2D eigenvalue weighted by atomic mass is 16.6. The fourth-order valence-corrected chi connectivity index (χ4v) is 3.01. The lowest BCUT2D eigenvalue weighted by atomic mass is 10.1. The first-order chi connectivity index (χ1) is 23.8. The molecular weight excluding hydrogens is 648 g/mol. The molecule has 0 saturated carbocycles. The number of carbonyl (C=O) groups excluding carboxylic acids is 4. The Balaban J connectivity index is 2.39. The topological polar surface area (TPSA) is 142 Å². The van der Waals surface area contributed by atoms with Crippen molar-refractivity contribution in [3.8, 4) is 23.0 Å². The third-order valence-corrected chi connectivity index (χ3v) is 5.53. The van der Waals surface area contributed by atoms with Gasteiger partial charge in [0.25, 0.3) is 0 Å². The molecule has 2 aromatic rings. The molecule has 50 heavy (non-hydrogen) atoms. The van der Waals surface area contributed by atoms with Crippen LogP contribution in [0.5, 0.6) is 23.0 Å². The van der Waals surface area contributed by atoms with Crippen LogP contribution in [0.15, 0.2) is 135 Å².